The van der Waals surface area contributed by atoms with Crippen molar-refractivity contribution in [2.24, 2.45) is 0 Å². The Morgan fingerprint density at radius 3 is 2.60 bits per heavy atom. The van der Waals surface area contributed by atoms with E-state index >= 15 is 0 Å². The lowest BCUT2D eigenvalue weighted by molar-refractivity contribution is -0.128. The van der Waals surface area contributed by atoms with Crippen LogP contribution in [0.2, 0.25) is 0 Å². The van der Waals surface area contributed by atoms with Gasteiger partial charge in [-0.05, 0) is 50.3 Å². The van der Waals surface area contributed by atoms with E-state index < -0.39 is 11.8 Å². The first-order valence-electron chi connectivity index (χ1n) is 7.91. The molecule has 25 heavy (non-hydrogen) atoms. The second kappa shape index (κ2) is 8.43. The monoisotopic (exact) mass is 360 g/mol. The van der Waals surface area contributed by atoms with E-state index in [1.54, 1.807) is 24.3 Å². The first-order valence-corrected chi connectivity index (χ1v) is 8.32. The SMILES string of the molecule is C=CCN1C(=O)/C(=C/c2cc(OCC)ccc2OCC)C(=O)NC1=S. The minimum absolute atomic E-state index is 0.0231. The molecule has 6 nitrogen and oxygen atoms in total. The summed E-state index contributed by atoms with van der Waals surface area (Å²) >= 11 is 5.04. The normalized spacial score (nSPS) is 16.0. The van der Waals surface area contributed by atoms with Gasteiger partial charge in [-0.2, -0.15) is 0 Å². The van der Waals surface area contributed by atoms with Crippen molar-refractivity contribution in [3.63, 3.8) is 0 Å². The average Bonchev–Trinajstić information content (AvgIpc) is 2.58. The van der Waals surface area contributed by atoms with Gasteiger partial charge < -0.3 is 9.47 Å². The van der Waals surface area contributed by atoms with Crippen molar-refractivity contribution in [3.8, 4) is 11.5 Å². The van der Waals surface area contributed by atoms with E-state index in [0.29, 0.717) is 30.3 Å². The van der Waals surface area contributed by atoms with E-state index in [4.69, 9.17) is 21.7 Å². The van der Waals surface area contributed by atoms with E-state index in [9.17, 15) is 9.59 Å². The Kier molecular flexibility index (Phi) is 6.30. The van der Waals surface area contributed by atoms with Crippen molar-refractivity contribution in [3.05, 3.63) is 42.0 Å². The van der Waals surface area contributed by atoms with Gasteiger partial charge in [0, 0.05) is 12.1 Å². The highest BCUT2D eigenvalue weighted by molar-refractivity contribution is 7.80. The summed E-state index contributed by atoms with van der Waals surface area (Å²) in [5.74, 6) is 0.167. The van der Waals surface area contributed by atoms with Crippen molar-refractivity contribution >= 4 is 35.2 Å². The van der Waals surface area contributed by atoms with E-state index in [1.165, 1.54) is 11.0 Å². The second-order valence-electron chi connectivity index (χ2n) is 5.09. The molecule has 1 saturated heterocycles. The number of hydrogen-bond acceptors (Lipinski definition) is 5. The van der Waals surface area contributed by atoms with Crippen LogP contribution in [0.5, 0.6) is 11.5 Å². The van der Waals surface area contributed by atoms with Crippen LogP contribution in [0.25, 0.3) is 6.08 Å². The Labute approximate surface area is 152 Å². The number of amides is 2. The van der Waals surface area contributed by atoms with Crippen LogP contribution in [0.4, 0.5) is 0 Å². The van der Waals surface area contributed by atoms with E-state index in [-0.39, 0.29) is 17.2 Å². The maximum Gasteiger partial charge on any atom is 0.265 e. The first kappa shape index (κ1) is 18.7. The molecule has 7 heteroatoms. The number of hydrogen-bond donors (Lipinski definition) is 1. The molecule has 0 saturated carbocycles. The predicted octanol–water partition coefficient (Wildman–Crippen LogP) is 2.30. The fraction of sp³-hybridized carbons (Fsp3) is 0.278. The summed E-state index contributed by atoms with van der Waals surface area (Å²) in [6.07, 6.45) is 3.03. The zero-order chi connectivity index (χ0) is 18.4. The Bertz CT molecular complexity index is 743. The molecule has 1 aromatic rings. The lowest BCUT2D eigenvalue weighted by atomic mass is 10.1. The lowest BCUT2D eigenvalue weighted by Crippen LogP contribution is -2.53. The quantitative estimate of drug-likeness (QED) is 0.350. The fourth-order valence-electron chi connectivity index (χ4n) is 2.33. The number of nitrogens with zero attached hydrogens (tertiary/aromatic N) is 1. The number of ether oxygens (including phenoxy) is 2. The summed E-state index contributed by atoms with van der Waals surface area (Å²) in [7, 11) is 0. The van der Waals surface area contributed by atoms with Gasteiger partial charge in [0.15, 0.2) is 5.11 Å². The summed E-state index contributed by atoms with van der Waals surface area (Å²) in [5, 5.41) is 2.59. The molecule has 132 valence electrons. The molecule has 1 aliphatic heterocycles. The minimum atomic E-state index is -0.542. The van der Waals surface area contributed by atoms with Gasteiger partial charge in [0.25, 0.3) is 11.8 Å². The van der Waals surface area contributed by atoms with Crippen LogP contribution in [0.3, 0.4) is 0 Å². The molecule has 0 aliphatic carbocycles. The average molecular weight is 360 g/mol. The van der Waals surface area contributed by atoms with Crippen LogP contribution in [-0.2, 0) is 9.59 Å². The molecular formula is C18H20N2O4S. The Balaban J connectivity index is 2.47. The smallest absolute Gasteiger partial charge is 0.265 e. The minimum Gasteiger partial charge on any atom is -0.494 e. The standard InChI is InChI=1S/C18H20N2O4S/c1-4-9-20-17(22)14(16(21)19-18(20)25)11-12-10-13(23-5-2)7-8-15(12)24-6-3/h4,7-8,10-11H,1,5-6,9H2,2-3H3,(H,19,21,25)/b14-11+. The molecule has 0 bridgehead atoms. The maximum absolute atomic E-state index is 12.6. The van der Waals surface area contributed by atoms with Crippen molar-refractivity contribution in [2.75, 3.05) is 19.8 Å². The van der Waals surface area contributed by atoms with Gasteiger partial charge in [0.2, 0.25) is 0 Å². The summed E-state index contributed by atoms with van der Waals surface area (Å²) in [6.45, 7) is 8.51. The van der Waals surface area contributed by atoms with Crippen molar-refractivity contribution in [2.45, 2.75) is 13.8 Å². The Hall–Kier alpha value is -2.67. The van der Waals surface area contributed by atoms with E-state index in [1.807, 2.05) is 13.8 Å². The van der Waals surface area contributed by atoms with Crippen LogP contribution in [-0.4, -0.2) is 41.6 Å². The molecule has 0 unspecified atom stereocenters. The molecule has 1 N–H and O–H groups in total. The number of rotatable bonds is 7. The fourth-order valence-corrected chi connectivity index (χ4v) is 2.58. The van der Waals surface area contributed by atoms with Crippen LogP contribution in [0, 0.1) is 0 Å². The summed E-state index contributed by atoms with van der Waals surface area (Å²) < 4.78 is 11.1. The van der Waals surface area contributed by atoms with Crippen molar-refractivity contribution in [1.29, 1.82) is 0 Å². The number of carbonyl (C=O) groups excluding carboxylic acids is 2. The van der Waals surface area contributed by atoms with Gasteiger partial charge in [-0.1, -0.05) is 6.08 Å². The second-order valence-corrected chi connectivity index (χ2v) is 5.47. The number of carbonyl (C=O) groups is 2. The number of thiocarbonyl (C=S) groups is 1. The molecule has 0 spiro atoms. The van der Waals surface area contributed by atoms with Crippen LogP contribution in [0.15, 0.2) is 36.4 Å². The Morgan fingerprint density at radius 2 is 1.96 bits per heavy atom. The van der Waals surface area contributed by atoms with Gasteiger partial charge >= 0.3 is 0 Å². The molecule has 2 rings (SSSR count). The highest BCUT2D eigenvalue weighted by Crippen LogP contribution is 2.27. The van der Waals surface area contributed by atoms with E-state index in [2.05, 4.69) is 11.9 Å². The molecule has 1 fully saturated rings. The molecule has 1 aromatic carbocycles. The van der Waals surface area contributed by atoms with Gasteiger partial charge in [0.1, 0.15) is 17.1 Å². The van der Waals surface area contributed by atoms with Crippen LogP contribution >= 0.6 is 12.2 Å². The summed E-state index contributed by atoms with van der Waals surface area (Å²) in [6, 6.07) is 5.25. The molecule has 2 amide bonds. The lowest BCUT2D eigenvalue weighted by Gasteiger charge is -2.27. The third-order valence-electron chi connectivity index (χ3n) is 3.39. The van der Waals surface area contributed by atoms with Crippen LogP contribution in [0.1, 0.15) is 19.4 Å². The van der Waals surface area contributed by atoms with Crippen molar-refractivity contribution < 1.29 is 19.1 Å². The highest BCUT2D eigenvalue weighted by atomic mass is 32.1. The molecule has 1 heterocycles. The molecular weight excluding hydrogens is 340 g/mol. The van der Waals surface area contributed by atoms with Gasteiger partial charge in [-0.15, -0.1) is 6.58 Å². The number of benzene rings is 1. The third-order valence-corrected chi connectivity index (χ3v) is 3.71. The largest absolute Gasteiger partial charge is 0.494 e. The third kappa shape index (κ3) is 4.24. The summed E-state index contributed by atoms with van der Waals surface area (Å²) in [5.41, 5.74) is 0.558. The topological polar surface area (TPSA) is 67.9 Å². The van der Waals surface area contributed by atoms with Crippen molar-refractivity contribution in [1.82, 2.24) is 10.2 Å². The zero-order valence-electron chi connectivity index (χ0n) is 14.2. The number of nitrogens with one attached hydrogen (secondary N) is 1. The molecule has 0 aromatic heterocycles. The molecule has 1 aliphatic rings. The maximum atomic E-state index is 12.6. The van der Waals surface area contributed by atoms with Gasteiger partial charge in [0.05, 0.1) is 13.2 Å². The molecule has 0 atom stereocenters. The zero-order valence-corrected chi connectivity index (χ0v) is 15.0. The van der Waals surface area contributed by atoms with Gasteiger partial charge in [-0.25, -0.2) is 0 Å². The van der Waals surface area contributed by atoms with Gasteiger partial charge in [-0.3, -0.25) is 19.8 Å². The van der Waals surface area contributed by atoms with E-state index in [0.717, 1.165) is 0 Å². The predicted molar refractivity (Wildman–Crippen MR) is 99.4 cm³/mol. The summed E-state index contributed by atoms with van der Waals surface area (Å²) in [4.78, 5) is 26.1. The van der Waals surface area contributed by atoms with Crippen LogP contribution < -0.4 is 14.8 Å². The highest BCUT2D eigenvalue weighted by Gasteiger charge is 2.32. The first-order chi connectivity index (χ1) is 12.0. The Morgan fingerprint density at radius 1 is 1.24 bits per heavy atom. The molecule has 0 radical (unpaired) electrons.